The van der Waals surface area contributed by atoms with Gasteiger partial charge in [0.2, 0.25) is 0 Å². The predicted octanol–water partition coefficient (Wildman–Crippen LogP) is 0.925. The molecule has 0 spiro atoms. The molecule has 0 aliphatic rings. The summed E-state index contributed by atoms with van der Waals surface area (Å²) in [5.41, 5.74) is 0.874. The number of urea groups is 1. The highest BCUT2D eigenvalue weighted by atomic mass is 16.4. The van der Waals surface area contributed by atoms with E-state index in [-0.39, 0.29) is 12.6 Å². The number of nitrogens with one attached hydrogen (secondary N) is 1. The second-order valence-electron chi connectivity index (χ2n) is 3.74. The summed E-state index contributed by atoms with van der Waals surface area (Å²) in [6, 6.07) is -0.286. The molecule has 0 aromatic carbocycles. The Balaban J connectivity index is 3.93. The molecule has 0 saturated heterocycles. The van der Waals surface area contributed by atoms with Gasteiger partial charge in [0, 0.05) is 20.1 Å². The minimum atomic E-state index is -0.919. The van der Waals surface area contributed by atoms with Crippen LogP contribution in [0.25, 0.3) is 0 Å². The van der Waals surface area contributed by atoms with E-state index in [0.29, 0.717) is 6.54 Å². The van der Waals surface area contributed by atoms with Crippen molar-refractivity contribution in [2.75, 3.05) is 20.1 Å². The van der Waals surface area contributed by atoms with E-state index in [0.717, 1.165) is 5.57 Å². The van der Waals surface area contributed by atoms with Crippen molar-refractivity contribution >= 4 is 12.0 Å². The fourth-order valence-corrected chi connectivity index (χ4v) is 0.939. The van der Waals surface area contributed by atoms with Gasteiger partial charge in [-0.2, -0.15) is 0 Å². The molecular formula is C10H18N2O3. The predicted molar refractivity (Wildman–Crippen MR) is 57.6 cm³/mol. The zero-order valence-electron chi connectivity index (χ0n) is 9.41. The van der Waals surface area contributed by atoms with E-state index in [1.54, 1.807) is 14.0 Å². The van der Waals surface area contributed by atoms with Crippen molar-refractivity contribution < 1.29 is 14.7 Å². The molecule has 0 fully saturated rings. The molecule has 5 nitrogen and oxygen atoms in total. The normalized spacial score (nSPS) is 11.7. The number of rotatable bonds is 5. The summed E-state index contributed by atoms with van der Waals surface area (Å²) in [5, 5.41) is 11.1. The van der Waals surface area contributed by atoms with E-state index in [1.807, 2.05) is 6.92 Å². The van der Waals surface area contributed by atoms with Crippen LogP contribution < -0.4 is 5.32 Å². The lowest BCUT2D eigenvalue weighted by Gasteiger charge is -2.18. The van der Waals surface area contributed by atoms with Crippen LogP contribution in [0.3, 0.4) is 0 Å². The van der Waals surface area contributed by atoms with Gasteiger partial charge in [-0.05, 0) is 6.92 Å². The lowest BCUT2D eigenvalue weighted by molar-refractivity contribution is -0.140. The number of carbonyl (C=O) groups excluding carboxylic acids is 1. The zero-order valence-corrected chi connectivity index (χ0v) is 9.41. The molecule has 86 valence electrons. The number of hydrogen-bond donors (Lipinski definition) is 2. The van der Waals surface area contributed by atoms with Crippen LogP contribution in [-0.2, 0) is 4.79 Å². The third-order valence-corrected chi connectivity index (χ3v) is 1.83. The van der Waals surface area contributed by atoms with Gasteiger partial charge in [0.05, 0.1) is 5.92 Å². The van der Waals surface area contributed by atoms with Crippen molar-refractivity contribution in [3.63, 3.8) is 0 Å². The lowest BCUT2D eigenvalue weighted by atomic mass is 10.2. The maximum Gasteiger partial charge on any atom is 0.317 e. The van der Waals surface area contributed by atoms with E-state index in [1.165, 1.54) is 4.90 Å². The number of carboxylic acids is 1. The van der Waals surface area contributed by atoms with E-state index in [9.17, 15) is 9.59 Å². The van der Waals surface area contributed by atoms with Crippen LogP contribution in [-0.4, -0.2) is 42.1 Å². The van der Waals surface area contributed by atoms with E-state index in [2.05, 4.69) is 11.9 Å². The van der Waals surface area contributed by atoms with Crippen LogP contribution in [0.5, 0.6) is 0 Å². The van der Waals surface area contributed by atoms with E-state index < -0.39 is 11.9 Å². The van der Waals surface area contributed by atoms with Crippen molar-refractivity contribution in [3.05, 3.63) is 12.2 Å². The standard InChI is InChI=1S/C10H18N2O3/c1-7(2)6-12(4)10(15)11-5-8(3)9(13)14/h8H,1,5-6H2,2-4H3,(H,11,15)(H,13,14). The number of hydrogen-bond acceptors (Lipinski definition) is 2. The van der Waals surface area contributed by atoms with Gasteiger partial charge in [-0.3, -0.25) is 4.79 Å². The minimum absolute atomic E-state index is 0.134. The van der Waals surface area contributed by atoms with Crippen LogP contribution in [0.1, 0.15) is 13.8 Å². The second kappa shape index (κ2) is 6.06. The molecule has 0 aliphatic carbocycles. The molecule has 15 heavy (non-hydrogen) atoms. The summed E-state index contributed by atoms with van der Waals surface area (Å²) in [4.78, 5) is 23.3. The molecule has 0 bridgehead atoms. The molecule has 0 aromatic rings. The first-order valence-corrected chi connectivity index (χ1v) is 4.70. The van der Waals surface area contributed by atoms with Crippen LogP contribution in [0.2, 0.25) is 0 Å². The fourth-order valence-electron chi connectivity index (χ4n) is 0.939. The molecule has 2 amide bonds. The SMILES string of the molecule is C=C(C)CN(C)C(=O)NCC(C)C(=O)O. The highest BCUT2D eigenvalue weighted by Gasteiger charge is 2.13. The number of nitrogens with zero attached hydrogens (tertiary/aromatic N) is 1. The van der Waals surface area contributed by atoms with Crippen LogP contribution in [0.15, 0.2) is 12.2 Å². The van der Waals surface area contributed by atoms with Crippen LogP contribution >= 0.6 is 0 Å². The Morgan fingerprint density at radius 1 is 1.53 bits per heavy atom. The highest BCUT2D eigenvalue weighted by molar-refractivity contribution is 5.75. The largest absolute Gasteiger partial charge is 0.481 e. The first-order chi connectivity index (χ1) is 6.84. The molecule has 0 radical (unpaired) electrons. The Hall–Kier alpha value is -1.52. The summed E-state index contributed by atoms with van der Waals surface area (Å²) in [7, 11) is 1.63. The number of aliphatic carboxylic acids is 1. The van der Waals surface area contributed by atoms with Gasteiger partial charge in [0.15, 0.2) is 0 Å². The van der Waals surface area contributed by atoms with Crippen molar-refractivity contribution in [2.24, 2.45) is 5.92 Å². The third kappa shape index (κ3) is 5.72. The van der Waals surface area contributed by atoms with Gasteiger partial charge in [0.1, 0.15) is 0 Å². The van der Waals surface area contributed by atoms with Gasteiger partial charge in [-0.1, -0.05) is 19.1 Å². The van der Waals surface area contributed by atoms with Gasteiger partial charge in [0.25, 0.3) is 0 Å². The van der Waals surface area contributed by atoms with Crippen molar-refractivity contribution in [1.29, 1.82) is 0 Å². The second-order valence-corrected chi connectivity index (χ2v) is 3.74. The van der Waals surface area contributed by atoms with E-state index in [4.69, 9.17) is 5.11 Å². The first-order valence-electron chi connectivity index (χ1n) is 4.70. The Morgan fingerprint density at radius 2 is 2.07 bits per heavy atom. The number of likely N-dealkylation sites (N-methyl/N-ethyl adjacent to an activating group) is 1. The first kappa shape index (κ1) is 13.5. The van der Waals surface area contributed by atoms with Crippen molar-refractivity contribution in [3.8, 4) is 0 Å². The van der Waals surface area contributed by atoms with Gasteiger partial charge in [-0.25, -0.2) is 4.79 Å². The number of carbonyl (C=O) groups is 2. The van der Waals surface area contributed by atoms with Gasteiger partial charge in [-0.15, -0.1) is 0 Å². The summed E-state index contributed by atoms with van der Waals surface area (Å²) >= 11 is 0. The molecule has 2 N–H and O–H groups in total. The summed E-state index contributed by atoms with van der Waals surface area (Å²) < 4.78 is 0. The molecule has 0 aromatic heterocycles. The third-order valence-electron chi connectivity index (χ3n) is 1.83. The Labute approximate surface area is 89.8 Å². The molecule has 1 atom stereocenters. The lowest BCUT2D eigenvalue weighted by Crippen LogP contribution is -2.40. The van der Waals surface area contributed by atoms with E-state index >= 15 is 0 Å². The van der Waals surface area contributed by atoms with Gasteiger partial charge < -0.3 is 15.3 Å². The maximum atomic E-state index is 11.4. The van der Waals surface area contributed by atoms with Crippen LogP contribution in [0.4, 0.5) is 4.79 Å². The Kier molecular flexibility index (Phi) is 5.44. The van der Waals surface area contributed by atoms with Crippen molar-refractivity contribution in [2.45, 2.75) is 13.8 Å². The van der Waals surface area contributed by atoms with Crippen molar-refractivity contribution in [1.82, 2.24) is 10.2 Å². The molecule has 5 heteroatoms. The maximum absolute atomic E-state index is 11.4. The smallest absolute Gasteiger partial charge is 0.317 e. The molecule has 0 heterocycles. The highest BCUT2D eigenvalue weighted by Crippen LogP contribution is 1.95. The minimum Gasteiger partial charge on any atom is -0.481 e. The topological polar surface area (TPSA) is 69.6 Å². The summed E-state index contributed by atoms with van der Waals surface area (Å²) in [6.07, 6.45) is 0. The van der Waals surface area contributed by atoms with Crippen LogP contribution in [0, 0.1) is 5.92 Å². The van der Waals surface area contributed by atoms with Gasteiger partial charge >= 0.3 is 12.0 Å². The quantitative estimate of drug-likeness (QED) is 0.669. The summed E-state index contributed by atoms with van der Waals surface area (Å²) in [5.74, 6) is -1.50. The average molecular weight is 214 g/mol. The average Bonchev–Trinajstić information content (AvgIpc) is 2.12. The monoisotopic (exact) mass is 214 g/mol. The molecular weight excluding hydrogens is 196 g/mol. The number of amides is 2. The Bertz CT molecular complexity index is 263. The summed E-state index contributed by atoms with van der Waals surface area (Å²) in [6.45, 7) is 7.65. The molecule has 1 unspecified atom stereocenters. The number of carboxylic acid groups (broad SMARTS) is 1. The molecule has 0 aliphatic heterocycles. The molecule has 0 saturated carbocycles. The fraction of sp³-hybridized carbons (Fsp3) is 0.600. The zero-order chi connectivity index (χ0) is 12.0. The Morgan fingerprint density at radius 3 is 2.47 bits per heavy atom. The molecule has 0 rings (SSSR count).